The summed E-state index contributed by atoms with van der Waals surface area (Å²) >= 11 is 0. The van der Waals surface area contributed by atoms with Gasteiger partial charge in [-0.15, -0.1) is 53.2 Å². The molecule has 3 nitrogen and oxygen atoms in total. The van der Waals surface area contributed by atoms with E-state index in [2.05, 4.69) is 78.1 Å². The number of hydrogen-bond donors (Lipinski definition) is 0. The molecule has 0 aliphatic heterocycles. The van der Waals surface area contributed by atoms with Crippen LogP contribution in [0.3, 0.4) is 0 Å². The van der Waals surface area contributed by atoms with E-state index in [1.54, 1.807) is 0 Å². The minimum Gasteiger partial charge on any atom is -0.501 e. The maximum Gasteiger partial charge on any atom is 0.120 e. The number of fused-ring (bicyclic) bond motifs is 3. The first-order valence-corrected chi connectivity index (χ1v) is 18.2. The van der Waals surface area contributed by atoms with Crippen LogP contribution in [0.4, 0.5) is 0 Å². The SMILES string of the molecule is C[Si](C)(C)c1c[c-]c(-c2ccccn2)c2oc3ccccc3c12.[Ir].[c-]1ccccc1-c1cc(C2CCCCC2)ccn1. The zero-order chi connectivity index (χ0) is 28.2. The minimum absolute atomic E-state index is 0. The first-order chi connectivity index (χ1) is 20.0. The van der Waals surface area contributed by atoms with Crippen molar-refractivity contribution in [2.24, 2.45) is 0 Å². The molecule has 0 atom stereocenters. The molecule has 0 amide bonds. The molecule has 6 aromatic rings. The number of rotatable bonds is 4. The van der Waals surface area contributed by atoms with Gasteiger partial charge in [-0.2, -0.15) is 0 Å². The van der Waals surface area contributed by atoms with Crippen LogP contribution < -0.4 is 5.19 Å². The first kappa shape index (κ1) is 30.1. The number of furan rings is 1. The van der Waals surface area contributed by atoms with Crippen LogP contribution in [0.15, 0.2) is 102 Å². The van der Waals surface area contributed by atoms with Gasteiger partial charge in [0.1, 0.15) is 5.58 Å². The van der Waals surface area contributed by atoms with Gasteiger partial charge in [0.2, 0.25) is 0 Å². The van der Waals surface area contributed by atoms with Crippen LogP contribution in [0.5, 0.6) is 0 Å². The van der Waals surface area contributed by atoms with Crippen molar-refractivity contribution in [3.8, 4) is 22.5 Å². The monoisotopic (exact) mass is 745 g/mol. The summed E-state index contributed by atoms with van der Waals surface area (Å²) in [6.45, 7) is 7.08. The molecule has 215 valence electrons. The van der Waals surface area contributed by atoms with Gasteiger partial charge in [0.05, 0.1) is 5.58 Å². The molecular weight excluding hydrogens is 709 g/mol. The molecule has 7 rings (SSSR count). The zero-order valence-corrected chi connectivity index (χ0v) is 27.9. The van der Waals surface area contributed by atoms with Crippen LogP contribution in [-0.2, 0) is 20.1 Å². The molecule has 3 aromatic carbocycles. The van der Waals surface area contributed by atoms with Crippen molar-refractivity contribution >= 4 is 35.2 Å². The zero-order valence-electron chi connectivity index (χ0n) is 24.5. The summed E-state index contributed by atoms with van der Waals surface area (Å²) in [4.78, 5) is 8.95. The van der Waals surface area contributed by atoms with E-state index >= 15 is 0 Å². The number of pyridine rings is 2. The predicted octanol–water partition coefficient (Wildman–Crippen LogP) is 9.59. The number of nitrogens with zero attached hydrogens (tertiary/aromatic N) is 2. The molecule has 0 N–H and O–H groups in total. The second kappa shape index (κ2) is 13.3. The Labute approximate surface area is 263 Å². The quantitative estimate of drug-likeness (QED) is 0.133. The summed E-state index contributed by atoms with van der Waals surface area (Å²) in [5, 5.41) is 3.81. The van der Waals surface area contributed by atoms with E-state index in [1.807, 2.05) is 60.9 Å². The van der Waals surface area contributed by atoms with E-state index in [0.29, 0.717) is 0 Å². The van der Waals surface area contributed by atoms with Gasteiger partial charge in [0.15, 0.2) is 0 Å². The molecule has 5 heteroatoms. The van der Waals surface area contributed by atoms with Crippen LogP contribution in [-0.4, -0.2) is 18.0 Å². The molecule has 0 saturated heterocycles. The largest absolute Gasteiger partial charge is 0.501 e. The number of benzene rings is 3. The Bertz CT molecular complexity index is 1750. The fraction of sp³-hybridized carbons (Fsp3) is 0.243. The van der Waals surface area contributed by atoms with Crippen molar-refractivity contribution in [1.29, 1.82) is 0 Å². The molecule has 1 fully saturated rings. The van der Waals surface area contributed by atoms with Gasteiger partial charge < -0.3 is 14.4 Å². The van der Waals surface area contributed by atoms with Crippen molar-refractivity contribution in [2.45, 2.75) is 57.7 Å². The second-order valence-corrected chi connectivity index (χ2v) is 17.0. The summed E-state index contributed by atoms with van der Waals surface area (Å²) in [7, 11) is -1.51. The van der Waals surface area contributed by atoms with E-state index in [1.165, 1.54) is 53.6 Å². The van der Waals surface area contributed by atoms with Gasteiger partial charge >= 0.3 is 0 Å². The molecular formula is C37H36IrN2OSi-2. The topological polar surface area (TPSA) is 38.9 Å². The maximum absolute atomic E-state index is 6.22. The average molecular weight is 745 g/mol. The fourth-order valence-electron chi connectivity index (χ4n) is 5.90. The van der Waals surface area contributed by atoms with Gasteiger partial charge in [-0.25, -0.2) is 0 Å². The van der Waals surface area contributed by atoms with Crippen molar-refractivity contribution in [1.82, 2.24) is 9.97 Å². The van der Waals surface area contributed by atoms with Gasteiger partial charge in [0, 0.05) is 46.0 Å². The summed E-state index contributed by atoms with van der Waals surface area (Å²) in [6.07, 6.45) is 10.6. The first-order valence-electron chi connectivity index (χ1n) is 14.7. The average Bonchev–Trinajstić information content (AvgIpc) is 3.41. The molecule has 3 heterocycles. The molecule has 1 saturated carbocycles. The number of hydrogen-bond acceptors (Lipinski definition) is 3. The van der Waals surface area contributed by atoms with E-state index < -0.39 is 8.07 Å². The van der Waals surface area contributed by atoms with Crippen molar-refractivity contribution < 1.29 is 24.5 Å². The Morgan fingerprint density at radius 1 is 0.786 bits per heavy atom. The smallest absolute Gasteiger partial charge is 0.120 e. The molecule has 1 aliphatic rings. The molecule has 1 aliphatic carbocycles. The molecule has 42 heavy (non-hydrogen) atoms. The van der Waals surface area contributed by atoms with Gasteiger partial charge in [-0.3, -0.25) is 0 Å². The van der Waals surface area contributed by atoms with Crippen LogP contribution in [0, 0.1) is 12.1 Å². The van der Waals surface area contributed by atoms with E-state index in [0.717, 1.165) is 39.6 Å². The maximum atomic E-state index is 6.22. The van der Waals surface area contributed by atoms with Crippen LogP contribution in [0.1, 0.15) is 43.6 Å². The van der Waals surface area contributed by atoms with E-state index in [9.17, 15) is 0 Å². The Morgan fingerprint density at radius 3 is 2.29 bits per heavy atom. The number of aromatic nitrogens is 2. The summed E-state index contributed by atoms with van der Waals surface area (Å²) in [5.74, 6) is 0.740. The Kier molecular flexibility index (Phi) is 9.52. The van der Waals surface area contributed by atoms with Gasteiger partial charge in [-0.05, 0) is 48.3 Å². The van der Waals surface area contributed by atoms with Crippen molar-refractivity contribution in [2.75, 3.05) is 0 Å². The predicted molar refractivity (Wildman–Crippen MR) is 173 cm³/mol. The Hall–Kier alpha value is -3.37. The minimum atomic E-state index is -1.51. The van der Waals surface area contributed by atoms with Gasteiger partial charge in [0.25, 0.3) is 0 Å². The summed E-state index contributed by atoms with van der Waals surface area (Å²) < 4.78 is 6.22. The normalized spacial score (nSPS) is 13.8. The van der Waals surface area contributed by atoms with Crippen LogP contribution in [0.25, 0.3) is 44.5 Å². The Balaban J connectivity index is 0.000000169. The molecule has 1 radical (unpaired) electrons. The fourth-order valence-corrected chi connectivity index (χ4v) is 7.40. The van der Waals surface area contributed by atoms with Crippen molar-refractivity contribution in [3.05, 3.63) is 115 Å². The molecule has 0 bridgehead atoms. The summed E-state index contributed by atoms with van der Waals surface area (Å²) in [5.41, 5.74) is 7.28. The van der Waals surface area contributed by atoms with Crippen LogP contribution in [0.2, 0.25) is 19.6 Å². The van der Waals surface area contributed by atoms with Gasteiger partial charge in [-0.1, -0.05) is 91.8 Å². The second-order valence-electron chi connectivity index (χ2n) is 11.9. The molecule has 3 aromatic heterocycles. The van der Waals surface area contributed by atoms with E-state index in [-0.39, 0.29) is 20.1 Å². The molecule has 0 unspecified atom stereocenters. The third-order valence-electron chi connectivity index (χ3n) is 8.03. The van der Waals surface area contributed by atoms with Crippen molar-refractivity contribution in [3.63, 3.8) is 0 Å². The summed E-state index contributed by atoms with van der Waals surface area (Å²) in [6, 6.07) is 35.5. The van der Waals surface area contributed by atoms with Crippen LogP contribution >= 0.6 is 0 Å². The molecule has 0 spiro atoms. The standard InChI is InChI=1S/C20H18NOSi.C17H18N.Ir/c1-23(2,3)18-12-11-14(16-9-6-7-13-21-16)20-19(18)15-8-4-5-10-17(15)22-20;1-3-7-14(8-4-1)16-11-12-18-17(13-16)15-9-5-2-6-10-15;/h4-10,12-13H,1-3H3;2,5-6,9,11-14H,1,3-4,7-8H2;/q2*-1;. The Morgan fingerprint density at radius 2 is 1.55 bits per heavy atom. The van der Waals surface area contributed by atoms with E-state index in [4.69, 9.17) is 4.42 Å². The number of para-hydroxylation sites is 1. The third kappa shape index (κ3) is 6.49. The third-order valence-corrected chi connectivity index (χ3v) is 10.0.